The lowest BCUT2D eigenvalue weighted by atomic mass is 9.96. The number of alkyl halides is 1. The van der Waals surface area contributed by atoms with Gasteiger partial charge in [0.25, 0.3) is 11.8 Å². The van der Waals surface area contributed by atoms with Gasteiger partial charge in [0, 0.05) is 18.2 Å². The second-order valence-corrected chi connectivity index (χ2v) is 11.3. The van der Waals surface area contributed by atoms with E-state index in [1.807, 2.05) is 26.0 Å². The summed E-state index contributed by atoms with van der Waals surface area (Å²) < 4.78 is 12.9. The molecule has 2 aliphatic rings. The van der Waals surface area contributed by atoms with Crippen molar-refractivity contribution in [1.29, 1.82) is 0 Å². The highest BCUT2D eigenvalue weighted by Crippen LogP contribution is 2.48. The fraction of sp³-hybridized carbons (Fsp3) is 0.368. The van der Waals surface area contributed by atoms with Crippen LogP contribution in [0.3, 0.4) is 0 Å². The lowest BCUT2D eigenvalue weighted by Crippen LogP contribution is -2.58. The minimum atomic E-state index is -1.21. The highest BCUT2D eigenvalue weighted by molar-refractivity contribution is 5.96. The molecule has 0 atom stereocenters. The molecule has 0 spiro atoms. The van der Waals surface area contributed by atoms with Crippen LogP contribution in [0.1, 0.15) is 68.9 Å². The fourth-order valence-corrected chi connectivity index (χ4v) is 4.57. The number of ketones is 1. The van der Waals surface area contributed by atoms with Crippen LogP contribution in [0.5, 0.6) is 0 Å². The Morgan fingerprint density at radius 3 is 2.18 bits per heavy atom. The predicted molar refractivity (Wildman–Crippen MR) is 182 cm³/mol. The standard InChI is InChI=1S/C14H14.C13H13NO2.C9H13FN2O.C2H6/c1-14(8-9-14)13-7-6-11-4-2-3-5-12(11)10-13;1-3-6-13(16)14-9-11-7-4-5-8-12(11)10(2)15;1-9(10)6-12(7-9)8(13)4-3-5-11-2;1-2/h2-7,10H,8-9H2,1H3;4-8H,1,9H2,2H3,(H,14,16);11H,5-7H2,1-2H3;1-2H3. The van der Waals surface area contributed by atoms with Gasteiger partial charge in [-0.15, -0.1) is 5.73 Å². The number of fused-ring (bicyclic) bond motifs is 1. The zero-order valence-electron chi connectivity index (χ0n) is 27.4. The monoisotopic (exact) mass is 611 g/mol. The Bertz CT molecular complexity index is 1570. The van der Waals surface area contributed by atoms with Gasteiger partial charge in [-0.05, 0) is 67.0 Å². The van der Waals surface area contributed by atoms with Crippen molar-refractivity contribution in [3.8, 4) is 11.8 Å². The Balaban J connectivity index is 0.000000230. The molecule has 2 N–H and O–H groups in total. The SMILES string of the molecule is C=C=CC(=O)NCc1ccccc1C(C)=O.CC.CC1(c2ccc3ccccc3c2)CC1.CNCC#CC(=O)N1CC(C)(F)C1. The topological polar surface area (TPSA) is 78.5 Å². The summed E-state index contributed by atoms with van der Waals surface area (Å²) in [6, 6.07) is 22.7. The smallest absolute Gasteiger partial charge is 0.298 e. The molecule has 1 aliphatic carbocycles. The highest BCUT2D eigenvalue weighted by Gasteiger charge is 2.41. The first-order valence-corrected chi connectivity index (χ1v) is 15.3. The summed E-state index contributed by atoms with van der Waals surface area (Å²) in [4.78, 5) is 35.0. The first-order valence-electron chi connectivity index (χ1n) is 15.3. The molecule has 7 heteroatoms. The number of benzene rings is 3. The Labute approximate surface area is 267 Å². The van der Waals surface area contributed by atoms with Crippen molar-refractivity contribution in [2.45, 2.75) is 65.1 Å². The Morgan fingerprint density at radius 1 is 0.978 bits per heavy atom. The molecule has 1 saturated heterocycles. The number of halogens is 1. The molecule has 1 heterocycles. The van der Waals surface area contributed by atoms with Crippen LogP contribution in [0, 0.1) is 11.8 Å². The van der Waals surface area contributed by atoms with Gasteiger partial charge in [-0.25, -0.2) is 4.39 Å². The summed E-state index contributed by atoms with van der Waals surface area (Å²) in [7, 11) is 1.75. The molecular formula is C38H46FN3O3. The van der Waals surface area contributed by atoms with E-state index in [2.05, 4.69) is 84.2 Å². The molecule has 238 valence electrons. The number of carbonyl (C=O) groups is 3. The van der Waals surface area contributed by atoms with Crippen molar-refractivity contribution < 1.29 is 18.8 Å². The van der Waals surface area contributed by atoms with Gasteiger partial charge >= 0.3 is 0 Å². The minimum absolute atomic E-state index is 0.0101. The summed E-state index contributed by atoms with van der Waals surface area (Å²) in [6.45, 7) is 13.8. The second-order valence-electron chi connectivity index (χ2n) is 11.3. The maximum Gasteiger partial charge on any atom is 0.298 e. The maximum absolute atomic E-state index is 12.9. The summed E-state index contributed by atoms with van der Waals surface area (Å²) in [5.41, 5.74) is 4.62. The number of nitrogens with zero attached hydrogens (tertiary/aromatic N) is 1. The normalized spacial score (nSPS) is 14.4. The fourth-order valence-electron chi connectivity index (χ4n) is 4.57. The van der Waals surface area contributed by atoms with E-state index in [4.69, 9.17) is 0 Å². The van der Waals surface area contributed by atoms with E-state index in [9.17, 15) is 18.8 Å². The van der Waals surface area contributed by atoms with Crippen molar-refractivity contribution in [1.82, 2.24) is 15.5 Å². The van der Waals surface area contributed by atoms with Gasteiger partial charge in [-0.1, -0.05) is 100 Å². The average molecular weight is 612 g/mol. The van der Waals surface area contributed by atoms with E-state index >= 15 is 0 Å². The number of carbonyl (C=O) groups excluding carboxylic acids is 3. The van der Waals surface area contributed by atoms with Crippen molar-refractivity contribution in [2.75, 3.05) is 26.7 Å². The molecule has 0 aromatic heterocycles. The summed E-state index contributed by atoms with van der Waals surface area (Å²) in [5.74, 6) is 4.50. The van der Waals surface area contributed by atoms with E-state index in [0.29, 0.717) is 24.1 Å². The summed E-state index contributed by atoms with van der Waals surface area (Å²) >= 11 is 0. The molecular weight excluding hydrogens is 565 g/mol. The Kier molecular flexibility index (Phi) is 14.4. The molecule has 5 rings (SSSR count). The van der Waals surface area contributed by atoms with E-state index < -0.39 is 5.67 Å². The van der Waals surface area contributed by atoms with Gasteiger partial charge in [0.2, 0.25) is 0 Å². The first-order chi connectivity index (χ1) is 21.5. The third-order valence-corrected chi connectivity index (χ3v) is 7.32. The van der Waals surface area contributed by atoms with Gasteiger partial charge in [-0.2, -0.15) is 0 Å². The largest absolute Gasteiger partial charge is 0.348 e. The number of hydrogen-bond donors (Lipinski definition) is 2. The molecule has 45 heavy (non-hydrogen) atoms. The predicted octanol–water partition coefficient (Wildman–Crippen LogP) is 6.54. The van der Waals surface area contributed by atoms with Crippen LogP contribution in [0.2, 0.25) is 0 Å². The zero-order chi connectivity index (χ0) is 33.5. The third kappa shape index (κ3) is 11.8. The van der Waals surface area contributed by atoms with Crippen LogP contribution in [0.25, 0.3) is 10.8 Å². The first kappa shape index (κ1) is 36.7. The molecule has 0 radical (unpaired) electrons. The molecule has 1 aliphatic heterocycles. The number of rotatable bonds is 6. The molecule has 0 bridgehead atoms. The molecule has 0 unspecified atom stereocenters. The van der Waals surface area contributed by atoms with Crippen LogP contribution >= 0.6 is 0 Å². The highest BCUT2D eigenvalue weighted by atomic mass is 19.1. The number of Topliss-reactive ketones (excluding diaryl/α,β-unsaturated/α-hetero) is 1. The summed E-state index contributed by atoms with van der Waals surface area (Å²) in [5, 5.41) is 8.16. The lowest BCUT2D eigenvalue weighted by molar-refractivity contribution is -0.137. The van der Waals surface area contributed by atoms with E-state index in [1.165, 1.54) is 54.0 Å². The van der Waals surface area contributed by atoms with Crippen LogP contribution in [-0.4, -0.2) is 54.8 Å². The van der Waals surface area contributed by atoms with Gasteiger partial charge in [0.15, 0.2) is 5.78 Å². The van der Waals surface area contributed by atoms with Gasteiger partial charge in [-0.3, -0.25) is 14.4 Å². The van der Waals surface area contributed by atoms with Crippen LogP contribution in [0.4, 0.5) is 4.39 Å². The van der Waals surface area contributed by atoms with Crippen molar-refractivity contribution in [3.05, 3.63) is 102 Å². The third-order valence-electron chi connectivity index (χ3n) is 7.32. The van der Waals surface area contributed by atoms with Gasteiger partial charge in [0.05, 0.1) is 19.6 Å². The number of amides is 2. The number of hydrogen-bond acceptors (Lipinski definition) is 4. The summed E-state index contributed by atoms with van der Waals surface area (Å²) in [6.07, 6.45) is 3.92. The van der Waals surface area contributed by atoms with Crippen LogP contribution in [0.15, 0.2) is 85.1 Å². The molecule has 1 saturated carbocycles. The molecule has 6 nitrogen and oxygen atoms in total. The Morgan fingerprint density at radius 2 is 1.60 bits per heavy atom. The van der Waals surface area contributed by atoms with E-state index in [-0.39, 0.29) is 30.7 Å². The van der Waals surface area contributed by atoms with Crippen molar-refractivity contribution >= 4 is 28.4 Å². The average Bonchev–Trinajstić information content (AvgIpc) is 3.78. The minimum Gasteiger partial charge on any atom is -0.348 e. The van der Waals surface area contributed by atoms with Gasteiger partial charge < -0.3 is 15.5 Å². The van der Waals surface area contributed by atoms with E-state index in [0.717, 1.165) is 5.56 Å². The van der Waals surface area contributed by atoms with Crippen molar-refractivity contribution in [3.63, 3.8) is 0 Å². The molecule has 2 amide bonds. The number of nitrogens with one attached hydrogen (secondary N) is 2. The maximum atomic E-state index is 12.9. The quantitative estimate of drug-likeness (QED) is 0.144. The second kappa shape index (κ2) is 17.7. The molecule has 2 fully saturated rings. The van der Waals surface area contributed by atoms with Crippen LogP contribution in [-0.2, 0) is 21.5 Å². The molecule has 3 aromatic rings. The number of likely N-dealkylation sites (tertiary alicyclic amines) is 1. The Hall–Kier alpha value is -4.50. The van der Waals surface area contributed by atoms with E-state index in [1.54, 1.807) is 19.2 Å². The van der Waals surface area contributed by atoms with Gasteiger partial charge in [0.1, 0.15) is 5.67 Å². The zero-order valence-corrected chi connectivity index (χ0v) is 27.4. The van der Waals surface area contributed by atoms with Crippen molar-refractivity contribution in [2.24, 2.45) is 0 Å². The molecule has 3 aromatic carbocycles. The lowest BCUT2D eigenvalue weighted by Gasteiger charge is -2.40. The van der Waals surface area contributed by atoms with Crippen LogP contribution < -0.4 is 10.6 Å².